The van der Waals surface area contributed by atoms with Crippen molar-refractivity contribution in [3.8, 4) is 0 Å². The second kappa shape index (κ2) is 7.02. The zero-order chi connectivity index (χ0) is 12.0. The van der Waals surface area contributed by atoms with E-state index in [1.807, 2.05) is 0 Å². The molecule has 3 heteroatoms. The maximum Gasteiger partial charge on any atom is 0.0943 e. The van der Waals surface area contributed by atoms with Crippen LogP contribution in [0.1, 0.15) is 44.3 Å². The molecular weight excluding hydrogens is 216 g/mol. The van der Waals surface area contributed by atoms with Gasteiger partial charge in [0.15, 0.2) is 0 Å². The lowest BCUT2D eigenvalue weighted by molar-refractivity contribution is 0.416. The predicted molar refractivity (Wildman–Crippen MR) is 72.1 cm³/mol. The lowest BCUT2D eigenvalue weighted by Gasteiger charge is -2.19. The van der Waals surface area contributed by atoms with E-state index in [9.17, 15) is 0 Å². The topological polar surface area (TPSA) is 24.9 Å². The van der Waals surface area contributed by atoms with Gasteiger partial charge in [-0.05, 0) is 32.2 Å². The molecule has 1 atom stereocenters. The summed E-state index contributed by atoms with van der Waals surface area (Å²) in [6.45, 7) is 9.97. The third kappa shape index (κ3) is 5.08. The Morgan fingerprint density at radius 2 is 2.19 bits per heavy atom. The minimum atomic E-state index is 0.588. The van der Waals surface area contributed by atoms with Crippen LogP contribution in [0.4, 0.5) is 0 Å². The molecule has 0 saturated carbocycles. The van der Waals surface area contributed by atoms with Gasteiger partial charge in [-0.2, -0.15) is 0 Å². The van der Waals surface area contributed by atoms with Gasteiger partial charge in [-0.3, -0.25) is 0 Å². The molecule has 1 heterocycles. The van der Waals surface area contributed by atoms with E-state index in [4.69, 9.17) is 0 Å². The van der Waals surface area contributed by atoms with Gasteiger partial charge in [-0.1, -0.05) is 20.8 Å². The Morgan fingerprint density at radius 3 is 2.69 bits per heavy atom. The highest BCUT2D eigenvalue weighted by Gasteiger charge is 2.12. The molecule has 2 nitrogen and oxygen atoms in total. The summed E-state index contributed by atoms with van der Waals surface area (Å²) in [7, 11) is 0. The zero-order valence-electron chi connectivity index (χ0n) is 10.9. The number of nitrogens with one attached hydrogen (secondary N) is 1. The molecule has 0 fully saturated rings. The van der Waals surface area contributed by atoms with Crippen LogP contribution in [0.15, 0.2) is 5.38 Å². The van der Waals surface area contributed by atoms with E-state index in [2.05, 4.69) is 43.4 Å². The van der Waals surface area contributed by atoms with Crippen molar-refractivity contribution in [1.29, 1.82) is 0 Å². The fourth-order valence-corrected chi connectivity index (χ4v) is 2.72. The number of nitrogens with zero attached hydrogens (tertiary/aromatic N) is 1. The van der Waals surface area contributed by atoms with E-state index in [1.54, 1.807) is 11.3 Å². The van der Waals surface area contributed by atoms with Crippen LogP contribution < -0.4 is 5.32 Å². The molecule has 1 N–H and O–H groups in total. The van der Waals surface area contributed by atoms with Crippen molar-refractivity contribution in [2.45, 2.75) is 53.0 Å². The Hall–Kier alpha value is -0.410. The molecule has 1 unspecified atom stereocenters. The lowest BCUT2D eigenvalue weighted by Crippen LogP contribution is -2.33. The molecule has 0 aliphatic rings. The lowest BCUT2D eigenvalue weighted by atomic mass is 10.0. The van der Waals surface area contributed by atoms with Crippen LogP contribution in [0.2, 0.25) is 0 Å². The molecule has 0 bridgehead atoms. The van der Waals surface area contributed by atoms with E-state index in [1.165, 1.54) is 17.8 Å². The number of hydrogen-bond donors (Lipinski definition) is 1. The first-order valence-electron chi connectivity index (χ1n) is 6.26. The molecule has 0 radical (unpaired) electrons. The highest BCUT2D eigenvalue weighted by molar-refractivity contribution is 7.09. The summed E-state index contributed by atoms with van der Waals surface area (Å²) in [6, 6.07) is 0.588. The van der Waals surface area contributed by atoms with Gasteiger partial charge in [0, 0.05) is 23.5 Å². The minimum Gasteiger partial charge on any atom is -0.314 e. The van der Waals surface area contributed by atoms with Gasteiger partial charge >= 0.3 is 0 Å². The van der Waals surface area contributed by atoms with Crippen LogP contribution in [0.25, 0.3) is 0 Å². The highest BCUT2D eigenvalue weighted by atomic mass is 32.1. The van der Waals surface area contributed by atoms with Crippen LogP contribution >= 0.6 is 11.3 Å². The molecule has 1 aromatic heterocycles. The van der Waals surface area contributed by atoms with Gasteiger partial charge in [-0.25, -0.2) is 4.98 Å². The average molecular weight is 240 g/mol. The third-order valence-corrected chi connectivity index (χ3v) is 3.52. The largest absolute Gasteiger partial charge is 0.314 e. The molecule has 16 heavy (non-hydrogen) atoms. The smallest absolute Gasteiger partial charge is 0.0943 e. The summed E-state index contributed by atoms with van der Waals surface area (Å²) in [6.07, 6.45) is 3.51. The highest BCUT2D eigenvalue weighted by Crippen LogP contribution is 2.15. The van der Waals surface area contributed by atoms with Gasteiger partial charge in [-0.15, -0.1) is 11.3 Å². The zero-order valence-corrected chi connectivity index (χ0v) is 11.7. The van der Waals surface area contributed by atoms with Crippen molar-refractivity contribution in [2.75, 3.05) is 6.54 Å². The van der Waals surface area contributed by atoms with Crippen molar-refractivity contribution in [1.82, 2.24) is 10.3 Å². The standard InChI is InChI=1S/C13H24N2S/c1-5-6-14-12(7-10(2)3)8-13-15-11(4)9-16-13/h9-10,12,14H,5-8H2,1-4H3. The SMILES string of the molecule is CCCNC(Cc1nc(C)cs1)CC(C)C. The monoisotopic (exact) mass is 240 g/mol. The maximum atomic E-state index is 4.54. The number of hydrogen-bond acceptors (Lipinski definition) is 3. The number of aromatic nitrogens is 1. The van der Waals surface area contributed by atoms with E-state index in [0.29, 0.717) is 6.04 Å². The molecular formula is C13H24N2S. The fourth-order valence-electron chi connectivity index (χ4n) is 1.86. The second-order valence-corrected chi connectivity index (χ2v) is 5.81. The Labute approximate surface area is 103 Å². The van der Waals surface area contributed by atoms with E-state index in [-0.39, 0.29) is 0 Å². The first-order chi connectivity index (χ1) is 7.61. The Balaban J connectivity index is 2.48. The van der Waals surface area contributed by atoms with Crippen molar-refractivity contribution in [3.63, 3.8) is 0 Å². The van der Waals surface area contributed by atoms with Crippen LogP contribution in [0.5, 0.6) is 0 Å². The fraction of sp³-hybridized carbons (Fsp3) is 0.769. The Morgan fingerprint density at radius 1 is 1.44 bits per heavy atom. The van der Waals surface area contributed by atoms with Gasteiger partial charge in [0.25, 0.3) is 0 Å². The summed E-state index contributed by atoms with van der Waals surface area (Å²) in [5.74, 6) is 0.746. The Bertz CT molecular complexity index is 294. The Kier molecular flexibility index (Phi) is 5.99. The number of rotatable bonds is 7. The summed E-state index contributed by atoms with van der Waals surface area (Å²) in [4.78, 5) is 4.54. The van der Waals surface area contributed by atoms with E-state index < -0.39 is 0 Å². The van der Waals surface area contributed by atoms with Gasteiger partial charge < -0.3 is 5.32 Å². The average Bonchev–Trinajstić information content (AvgIpc) is 2.59. The van der Waals surface area contributed by atoms with Crippen LogP contribution in [-0.4, -0.2) is 17.6 Å². The second-order valence-electron chi connectivity index (χ2n) is 4.87. The van der Waals surface area contributed by atoms with Gasteiger partial charge in [0.05, 0.1) is 5.01 Å². The number of thiazole rings is 1. The molecule has 0 spiro atoms. The molecule has 92 valence electrons. The summed E-state index contributed by atoms with van der Waals surface area (Å²) in [5.41, 5.74) is 1.15. The maximum absolute atomic E-state index is 4.54. The molecule has 0 aliphatic heterocycles. The molecule has 1 rings (SSSR count). The van der Waals surface area contributed by atoms with Crippen LogP contribution in [0.3, 0.4) is 0 Å². The summed E-state index contributed by atoms with van der Waals surface area (Å²) < 4.78 is 0. The first kappa shape index (κ1) is 13.7. The van der Waals surface area contributed by atoms with E-state index >= 15 is 0 Å². The third-order valence-electron chi connectivity index (χ3n) is 2.53. The molecule has 1 aromatic rings. The molecule has 0 aromatic carbocycles. The van der Waals surface area contributed by atoms with Crippen molar-refractivity contribution in [2.24, 2.45) is 5.92 Å². The summed E-state index contributed by atoms with van der Waals surface area (Å²) >= 11 is 1.79. The molecule has 0 amide bonds. The summed E-state index contributed by atoms with van der Waals surface area (Å²) in [5, 5.41) is 7.04. The van der Waals surface area contributed by atoms with Crippen molar-refractivity contribution >= 4 is 11.3 Å². The predicted octanol–water partition coefficient (Wildman–Crippen LogP) is 3.41. The molecule has 0 aliphatic carbocycles. The quantitative estimate of drug-likeness (QED) is 0.790. The van der Waals surface area contributed by atoms with Crippen molar-refractivity contribution < 1.29 is 0 Å². The van der Waals surface area contributed by atoms with Crippen molar-refractivity contribution in [3.05, 3.63) is 16.1 Å². The molecule has 0 saturated heterocycles. The minimum absolute atomic E-state index is 0.588. The van der Waals surface area contributed by atoms with Gasteiger partial charge in [0.1, 0.15) is 0 Å². The normalized spacial score (nSPS) is 13.3. The van der Waals surface area contributed by atoms with Gasteiger partial charge in [0.2, 0.25) is 0 Å². The van der Waals surface area contributed by atoms with Crippen LogP contribution in [0, 0.1) is 12.8 Å². The number of aryl methyl sites for hydroxylation is 1. The van der Waals surface area contributed by atoms with E-state index in [0.717, 1.165) is 24.6 Å². The first-order valence-corrected chi connectivity index (χ1v) is 7.14. The van der Waals surface area contributed by atoms with Crippen LogP contribution in [-0.2, 0) is 6.42 Å².